The maximum Gasteiger partial charge on any atom is 0.237 e. The molecule has 0 aliphatic rings. The number of carbonyl (C=O) groups is 1. The number of halogens is 1. The number of rotatable bonds is 3. The number of hydrogen-bond donors (Lipinski definition) is 5. The van der Waals surface area contributed by atoms with Gasteiger partial charge in [0.2, 0.25) is 11.7 Å². The van der Waals surface area contributed by atoms with Crippen LogP contribution in [-0.2, 0) is 11.2 Å². The van der Waals surface area contributed by atoms with Crippen LogP contribution in [0.5, 0.6) is 17.2 Å². The van der Waals surface area contributed by atoms with Crippen LogP contribution in [0.3, 0.4) is 0 Å². The van der Waals surface area contributed by atoms with Gasteiger partial charge in [-0.25, -0.2) is 5.84 Å². The lowest BCUT2D eigenvalue weighted by Gasteiger charge is -2.12. The number of nitrogens with two attached hydrogens (primary N) is 1. The largest absolute Gasteiger partial charge is 0.504 e. The van der Waals surface area contributed by atoms with E-state index in [1.165, 1.54) is 12.1 Å². The highest BCUT2D eigenvalue weighted by molar-refractivity contribution is 5.85. The van der Waals surface area contributed by atoms with Gasteiger partial charge in [0, 0.05) is 5.92 Å². The van der Waals surface area contributed by atoms with Crippen LogP contribution in [0.25, 0.3) is 0 Å². The van der Waals surface area contributed by atoms with Gasteiger partial charge < -0.3 is 15.3 Å². The molecule has 0 heterocycles. The lowest BCUT2D eigenvalue weighted by molar-refractivity contribution is -0.124. The molecule has 0 fully saturated rings. The number of carbonyl (C=O) groups excluding carboxylic acids is 1. The van der Waals surface area contributed by atoms with Crippen molar-refractivity contribution < 1.29 is 20.1 Å². The van der Waals surface area contributed by atoms with E-state index < -0.39 is 23.2 Å². The molecule has 0 radical (unpaired) electrons. The van der Waals surface area contributed by atoms with Crippen LogP contribution in [0.2, 0.25) is 0 Å². The van der Waals surface area contributed by atoms with Gasteiger partial charge in [0.1, 0.15) is 0 Å². The fourth-order valence-corrected chi connectivity index (χ4v) is 1.34. The maximum absolute atomic E-state index is 11.1. The molecular formula is C10H15ClN2O4. The third-order valence-electron chi connectivity index (χ3n) is 2.33. The van der Waals surface area contributed by atoms with Gasteiger partial charge in [-0.2, -0.15) is 0 Å². The predicted molar refractivity (Wildman–Crippen MR) is 63.9 cm³/mol. The maximum atomic E-state index is 11.1. The van der Waals surface area contributed by atoms with Crippen molar-refractivity contribution in [1.29, 1.82) is 0 Å². The molecule has 6 N–H and O–H groups in total. The first kappa shape index (κ1) is 15.3. The lowest BCUT2D eigenvalue weighted by atomic mass is 9.99. The quantitative estimate of drug-likeness (QED) is 0.234. The van der Waals surface area contributed by atoms with Crippen LogP contribution >= 0.6 is 12.4 Å². The molecule has 1 rings (SSSR count). The highest BCUT2D eigenvalue weighted by Gasteiger charge is 2.17. The van der Waals surface area contributed by atoms with Crippen LogP contribution in [-0.4, -0.2) is 21.2 Å². The number of phenolic OH excluding ortho intramolecular Hbond substituents is 3. The second-order valence-electron chi connectivity index (χ2n) is 3.55. The first-order chi connectivity index (χ1) is 7.47. The van der Waals surface area contributed by atoms with Gasteiger partial charge in [0.05, 0.1) is 0 Å². The summed E-state index contributed by atoms with van der Waals surface area (Å²) in [5, 5.41) is 27.9. The van der Waals surface area contributed by atoms with Gasteiger partial charge in [-0.3, -0.25) is 10.2 Å². The topological polar surface area (TPSA) is 116 Å². The molecule has 0 aromatic heterocycles. The minimum atomic E-state index is -0.585. The summed E-state index contributed by atoms with van der Waals surface area (Å²) >= 11 is 0. The van der Waals surface area contributed by atoms with Crippen molar-refractivity contribution in [2.24, 2.45) is 11.8 Å². The summed E-state index contributed by atoms with van der Waals surface area (Å²) in [4.78, 5) is 11.1. The Morgan fingerprint density at radius 1 is 1.35 bits per heavy atom. The number of hydrazine groups is 1. The molecule has 0 saturated heterocycles. The Labute approximate surface area is 104 Å². The van der Waals surface area contributed by atoms with Crippen LogP contribution in [0.1, 0.15) is 12.5 Å². The van der Waals surface area contributed by atoms with Crippen molar-refractivity contribution in [1.82, 2.24) is 5.43 Å². The molecule has 1 atom stereocenters. The van der Waals surface area contributed by atoms with E-state index in [0.717, 1.165) is 0 Å². The van der Waals surface area contributed by atoms with Crippen molar-refractivity contribution >= 4 is 18.3 Å². The average Bonchev–Trinajstić information content (AvgIpc) is 2.28. The first-order valence-corrected chi connectivity index (χ1v) is 4.70. The van der Waals surface area contributed by atoms with Crippen LogP contribution < -0.4 is 11.3 Å². The van der Waals surface area contributed by atoms with E-state index in [-0.39, 0.29) is 24.7 Å². The highest BCUT2D eigenvalue weighted by atomic mass is 35.5. The number of nitrogens with one attached hydrogen (secondary N) is 1. The van der Waals surface area contributed by atoms with Gasteiger partial charge in [-0.1, -0.05) is 13.0 Å². The molecule has 0 aliphatic heterocycles. The summed E-state index contributed by atoms with van der Waals surface area (Å²) in [6.07, 6.45) is 0.211. The highest BCUT2D eigenvalue weighted by Crippen LogP contribution is 2.37. The molecule has 0 aliphatic carbocycles. The van der Waals surface area contributed by atoms with Crippen molar-refractivity contribution in [3.63, 3.8) is 0 Å². The van der Waals surface area contributed by atoms with E-state index in [4.69, 9.17) is 10.9 Å². The minimum absolute atomic E-state index is 0. The van der Waals surface area contributed by atoms with E-state index in [9.17, 15) is 15.0 Å². The SMILES string of the molecule is CC(Cc1ccc(O)c(O)c1O)C(=O)NN.Cl. The van der Waals surface area contributed by atoms with Gasteiger partial charge in [0.15, 0.2) is 11.5 Å². The minimum Gasteiger partial charge on any atom is -0.504 e. The molecule has 1 amide bonds. The second-order valence-corrected chi connectivity index (χ2v) is 3.55. The zero-order valence-electron chi connectivity index (χ0n) is 9.17. The Hall–Kier alpha value is -1.66. The predicted octanol–water partition coefficient (Wildman–Crippen LogP) is 0.394. The number of benzene rings is 1. The number of amides is 1. The van der Waals surface area contributed by atoms with Gasteiger partial charge in [0.25, 0.3) is 0 Å². The Morgan fingerprint density at radius 3 is 2.47 bits per heavy atom. The number of phenols is 3. The molecule has 1 unspecified atom stereocenters. The van der Waals surface area contributed by atoms with E-state index in [0.29, 0.717) is 5.56 Å². The molecule has 6 nitrogen and oxygen atoms in total. The zero-order valence-corrected chi connectivity index (χ0v) is 9.99. The number of hydrogen-bond acceptors (Lipinski definition) is 5. The summed E-state index contributed by atoms with van der Waals surface area (Å²) < 4.78 is 0. The van der Waals surface area contributed by atoms with E-state index in [1.54, 1.807) is 6.92 Å². The van der Waals surface area contributed by atoms with E-state index in [2.05, 4.69) is 0 Å². The molecule has 0 bridgehead atoms. The summed E-state index contributed by atoms with van der Waals surface area (Å²) in [5.41, 5.74) is 2.37. The summed E-state index contributed by atoms with van der Waals surface area (Å²) in [7, 11) is 0. The molecule has 1 aromatic carbocycles. The smallest absolute Gasteiger partial charge is 0.237 e. The molecule has 0 saturated carbocycles. The normalized spacial score (nSPS) is 11.4. The second kappa shape index (κ2) is 6.17. The fourth-order valence-electron chi connectivity index (χ4n) is 1.34. The summed E-state index contributed by atoms with van der Waals surface area (Å²) in [6.45, 7) is 1.63. The van der Waals surface area contributed by atoms with Crippen LogP contribution in [0, 0.1) is 5.92 Å². The standard InChI is InChI=1S/C10H14N2O4.ClH/c1-5(10(16)12-11)4-6-2-3-7(13)9(15)8(6)14;/h2-3,5,13-15H,4,11H2,1H3,(H,12,16);1H. The van der Waals surface area contributed by atoms with Crippen molar-refractivity contribution in [3.05, 3.63) is 17.7 Å². The van der Waals surface area contributed by atoms with Crippen LogP contribution in [0.15, 0.2) is 12.1 Å². The fraction of sp³-hybridized carbons (Fsp3) is 0.300. The molecule has 96 valence electrons. The Morgan fingerprint density at radius 2 is 1.94 bits per heavy atom. The average molecular weight is 263 g/mol. The van der Waals surface area contributed by atoms with Gasteiger partial charge in [-0.05, 0) is 18.1 Å². The zero-order chi connectivity index (χ0) is 12.3. The molecular weight excluding hydrogens is 248 g/mol. The van der Waals surface area contributed by atoms with Crippen molar-refractivity contribution in [3.8, 4) is 17.2 Å². The van der Waals surface area contributed by atoms with Crippen molar-refractivity contribution in [2.45, 2.75) is 13.3 Å². The summed E-state index contributed by atoms with van der Waals surface area (Å²) in [6, 6.07) is 2.68. The first-order valence-electron chi connectivity index (χ1n) is 4.70. The Balaban J connectivity index is 0.00000256. The third-order valence-corrected chi connectivity index (χ3v) is 2.33. The Bertz CT molecular complexity index is 412. The lowest BCUT2D eigenvalue weighted by Crippen LogP contribution is -2.35. The van der Waals surface area contributed by atoms with Crippen LogP contribution in [0.4, 0.5) is 0 Å². The van der Waals surface area contributed by atoms with Gasteiger partial charge >= 0.3 is 0 Å². The molecule has 1 aromatic rings. The van der Waals surface area contributed by atoms with Gasteiger partial charge in [-0.15, -0.1) is 12.4 Å². The number of aromatic hydroxyl groups is 3. The van der Waals surface area contributed by atoms with Crippen molar-refractivity contribution in [2.75, 3.05) is 0 Å². The molecule has 17 heavy (non-hydrogen) atoms. The third kappa shape index (κ3) is 3.40. The Kier molecular flexibility index (Phi) is 5.57. The van der Waals surface area contributed by atoms with E-state index >= 15 is 0 Å². The summed E-state index contributed by atoms with van der Waals surface area (Å²) in [5.74, 6) is 2.74. The van der Waals surface area contributed by atoms with E-state index in [1.807, 2.05) is 5.43 Å². The molecule has 7 heteroatoms. The monoisotopic (exact) mass is 262 g/mol. The molecule has 0 spiro atoms.